The molecule has 2 fully saturated rings. The Hall–Kier alpha value is -1.35. The van der Waals surface area contributed by atoms with Gasteiger partial charge in [-0.05, 0) is 18.6 Å². The zero-order valence-corrected chi connectivity index (χ0v) is 14.5. The summed E-state index contributed by atoms with van der Waals surface area (Å²) in [5, 5.41) is 0. The summed E-state index contributed by atoms with van der Waals surface area (Å²) in [6, 6.07) is 8.97. The minimum Gasteiger partial charge on any atom is -0.369 e. The number of anilines is 1. The Kier molecular flexibility index (Phi) is 3.59. The van der Waals surface area contributed by atoms with Crippen LogP contribution in [0.3, 0.4) is 0 Å². The number of rotatable bonds is 2. The number of benzene rings is 1. The molecule has 1 saturated heterocycles. The third kappa shape index (κ3) is 2.18. The second-order valence-corrected chi connectivity index (χ2v) is 7.98. The Bertz CT molecular complexity index is 565. The van der Waals surface area contributed by atoms with Crippen molar-refractivity contribution in [3.05, 3.63) is 29.8 Å². The van der Waals surface area contributed by atoms with Gasteiger partial charge < -0.3 is 4.90 Å². The highest BCUT2D eigenvalue weighted by Gasteiger charge is 2.63. The molecule has 0 unspecified atom stereocenters. The maximum Gasteiger partial charge on any atom is 0.147 e. The zero-order valence-electron chi connectivity index (χ0n) is 14.5. The Balaban J connectivity index is 1.70. The molecule has 1 aliphatic carbocycles. The molecular formula is C19H28N2O. The van der Waals surface area contributed by atoms with Gasteiger partial charge in [-0.2, -0.15) is 0 Å². The van der Waals surface area contributed by atoms with E-state index in [0.29, 0.717) is 11.8 Å². The number of carbonyl (C=O) groups is 1. The van der Waals surface area contributed by atoms with Crippen molar-refractivity contribution in [3.63, 3.8) is 0 Å². The van der Waals surface area contributed by atoms with Gasteiger partial charge in [0.1, 0.15) is 5.78 Å². The molecule has 1 aromatic carbocycles. The maximum absolute atomic E-state index is 12.4. The van der Waals surface area contributed by atoms with Gasteiger partial charge in [0, 0.05) is 48.7 Å². The van der Waals surface area contributed by atoms with E-state index in [-0.39, 0.29) is 10.8 Å². The van der Waals surface area contributed by atoms with Crippen LogP contribution in [-0.4, -0.2) is 42.9 Å². The number of Topliss-reactive ketones (excluding diaryl/α,β-unsaturated/α-hetero) is 1. The van der Waals surface area contributed by atoms with E-state index < -0.39 is 0 Å². The molecule has 120 valence electrons. The first-order valence-corrected chi connectivity index (χ1v) is 8.36. The van der Waals surface area contributed by atoms with Crippen LogP contribution in [0.25, 0.3) is 0 Å². The molecule has 22 heavy (non-hydrogen) atoms. The predicted octanol–water partition coefficient (Wildman–Crippen LogP) is 3.12. The fourth-order valence-electron chi connectivity index (χ4n) is 4.96. The minimum atomic E-state index is -0.200. The summed E-state index contributed by atoms with van der Waals surface area (Å²) in [4.78, 5) is 17.4. The van der Waals surface area contributed by atoms with Crippen LogP contribution < -0.4 is 4.90 Å². The van der Waals surface area contributed by atoms with Crippen molar-refractivity contribution in [3.8, 4) is 0 Å². The topological polar surface area (TPSA) is 23.6 Å². The first-order chi connectivity index (χ1) is 10.3. The number of ketones is 1. The maximum atomic E-state index is 12.4. The summed E-state index contributed by atoms with van der Waals surface area (Å²) in [5.74, 6) is 0.409. The van der Waals surface area contributed by atoms with Crippen molar-refractivity contribution in [2.24, 2.45) is 10.8 Å². The van der Waals surface area contributed by atoms with Gasteiger partial charge in [-0.15, -0.1) is 0 Å². The van der Waals surface area contributed by atoms with E-state index >= 15 is 0 Å². The average Bonchev–Trinajstić information content (AvgIpc) is 2.47. The molecule has 1 heterocycles. The van der Waals surface area contributed by atoms with Crippen molar-refractivity contribution >= 4 is 11.5 Å². The molecule has 0 N–H and O–H groups in total. The highest BCUT2D eigenvalue weighted by molar-refractivity contribution is 5.97. The summed E-state index contributed by atoms with van der Waals surface area (Å²) in [7, 11) is 0. The lowest BCUT2D eigenvalue weighted by Crippen LogP contribution is -2.72. The van der Waals surface area contributed by atoms with Crippen LogP contribution in [0.15, 0.2) is 24.3 Å². The molecule has 0 bridgehead atoms. The average molecular weight is 300 g/mol. The number of hydrogen-bond donors (Lipinski definition) is 0. The number of para-hydroxylation sites is 1. The van der Waals surface area contributed by atoms with E-state index in [0.717, 1.165) is 26.2 Å². The molecule has 3 heteroatoms. The molecule has 0 aromatic heterocycles. The van der Waals surface area contributed by atoms with Gasteiger partial charge in [0.25, 0.3) is 0 Å². The van der Waals surface area contributed by atoms with Crippen molar-refractivity contribution in [1.29, 1.82) is 0 Å². The number of piperazine rings is 1. The van der Waals surface area contributed by atoms with Crippen LogP contribution >= 0.6 is 0 Å². The monoisotopic (exact) mass is 300 g/mol. The quantitative estimate of drug-likeness (QED) is 0.838. The van der Waals surface area contributed by atoms with E-state index in [4.69, 9.17) is 0 Å². The van der Waals surface area contributed by atoms with E-state index in [1.165, 1.54) is 11.3 Å². The van der Waals surface area contributed by atoms with Gasteiger partial charge >= 0.3 is 0 Å². The zero-order chi connectivity index (χ0) is 16.1. The van der Waals surface area contributed by atoms with Crippen LogP contribution in [0.1, 0.15) is 33.3 Å². The summed E-state index contributed by atoms with van der Waals surface area (Å²) < 4.78 is 0. The molecule has 0 radical (unpaired) electrons. The van der Waals surface area contributed by atoms with Gasteiger partial charge in [0.15, 0.2) is 0 Å². The lowest BCUT2D eigenvalue weighted by molar-refractivity contribution is -0.170. The standard InChI is InChI=1S/C19H28N2O/c1-14-8-6-7-9-15(14)20-10-12-21(13-11-20)16-18(2,3)17(22)19(16,4)5/h6-9,16H,10-13H2,1-5H3. The molecule has 1 aliphatic heterocycles. The highest BCUT2D eigenvalue weighted by atomic mass is 16.1. The fourth-order valence-corrected chi connectivity index (χ4v) is 4.96. The first-order valence-electron chi connectivity index (χ1n) is 8.36. The predicted molar refractivity (Wildman–Crippen MR) is 91.3 cm³/mol. The normalized spacial score (nSPS) is 25.1. The van der Waals surface area contributed by atoms with Gasteiger partial charge in [0.2, 0.25) is 0 Å². The lowest BCUT2D eigenvalue weighted by atomic mass is 9.50. The molecular weight excluding hydrogens is 272 g/mol. The number of carbonyl (C=O) groups excluding carboxylic acids is 1. The van der Waals surface area contributed by atoms with Crippen LogP contribution in [0.5, 0.6) is 0 Å². The molecule has 1 aromatic rings. The summed E-state index contributed by atoms with van der Waals surface area (Å²) in [5.41, 5.74) is 2.30. The first kappa shape index (κ1) is 15.5. The Labute approximate surface area is 134 Å². The van der Waals surface area contributed by atoms with Crippen molar-refractivity contribution in [2.75, 3.05) is 31.1 Å². The van der Waals surface area contributed by atoms with E-state index in [1.807, 2.05) is 0 Å². The molecule has 0 atom stereocenters. The van der Waals surface area contributed by atoms with Gasteiger partial charge in [-0.25, -0.2) is 0 Å². The van der Waals surface area contributed by atoms with Crippen molar-refractivity contribution in [2.45, 2.75) is 40.7 Å². The fraction of sp³-hybridized carbons (Fsp3) is 0.632. The van der Waals surface area contributed by atoms with Crippen LogP contribution in [0, 0.1) is 17.8 Å². The minimum absolute atomic E-state index is 0.200. The second-order valence-electron chi connectivity index (χ2n) is 7.98. The molecule has 2 aliphatic rings. The van der Waals surface area contributed by atoms with Crippen LogP contribution in [-0.2, 0) is 4.79 Å². The van der Waals surface area contributed by atoms with Crippen molar-refractivity contribution in [1.82, 2.24) is 4.90 Å². The number of hydrogen-bond acceptors (Lipinski definition) is 3. The molecule has 0 amide bonds. The van der Waals surface area contributed by atoms with Gasteiger partial charge in [0.05, 0.1) is 0 Å². The smallest absolute Gasteiger partial charge is 0.147 e. The Morgan fingerprint density at radius 1 is 0.955 bits per heavy atom. The van der Waals surface area contributed by atoms with E-state index in [9.17, 15) is 4.79 Å². The van der Waals surface area contributed by atoms with Gasteiger partial charge in [-0.1, -0.05) is 45.9 Å². The van der Waals surface area contributed by atoms with Gasteiger partial charge in [-0.3, -0.25) is 9.69 Å². The largest absolute Gasteiger partial charge is 0.369 e. The lowest BCUT2D eigenvalue weighted by Gasteiger charge is -2.60. The molecule has 1 saturated carbocycles. The summed E-state index contributed by atoms with van der Waals surface area (Å²) in [6.07, 6.45) is 0. The van der Waals surface area contributed by atoms with Crippen molar-refractivity contribution < 1.29 is 4.79 Å². The van der Waals surface area contributed by atoms with E-state index in [2.05, 4.69) is 68.7 Å². The number of nitrogens with zero attached hydrogens (tertiary/aromatic N) is 2. The SMILES string of the molecule is Cc1ccccc1N1CCN(C2C(C)(C)C(=O)C2(C)C)CC1. The third-order valence-corrected chi connectivity index (χ3v) is 5.67. The highest BCUT2D eigenvalue weighted by Crippen LogP contribution is 2.53. The molecule has 3 rings (SSSR count). The van der Waals surface area contributed by atoms with Crippen LogP contribution in [0.4, 0.5) is 5.69 Å². The van der Waals surface area contributed by atoms with E-state index in [1.54, 1.807) is 0 Å². The van der Waals surface area contributed by atoms with Crippen LogP contribution in [0.2, 0.25) is 0 Å². The summed E-state index contributed by atoms with van der Waals surface area (Å²) >= 11 is 0. The number of aryl methyl sites for hydroxylation is 1. The third-order valence-electron chi connectivity index (χ3n) is 5.67. The summed E-state index contributed by atoms with van der Waals surface area (Å²) in [6.45, 7) is 14.8. The molecule has 0 spiro atoms. The Morgan fingerprint density at radius 3 is 2.05 bits per heavy atom. The second kappa shape index (κ2) is 5.09. The molecule has 3 nitrogen and oxygen atoms in total. The Morgan fingerprint density at radius 2 is 1.50 bits per heavy atom.